The number of hydrogen-bond donors (Lipinski definition) is 0. The minimum Gasteiger partial charge on any atom is -0.477 e. The molecule has 0 bridgehead atoms. The van der Waals surface area contributed by atoms with E-state index < -0.39 is 0 Å². The van der Waals surface area contributed by atoms with E-state index in [1.165, 1.54) is 0 Å². The molecule has 0 aliphatic carbocycles. The highest BCUT2D eigenvalue weighted by atomic mass is 16.5. The van der Waals surface area contributed by atoms with Crippen molar-refractivity contribution in [3.8, 4) is 0 Å². The van der Waals surface area contributed by atoms with Crippen LogP contribution >= 0.6 is 0 Å². The van der Waals surface area contributed by atoms with Gasteiger partial charge in [0.2, 0.25) is 0 Å². The Morgan fingerprint density at radius 3 is 2.60 bits per heavy atom. The van der Waals surface area contributed by atoms with E-state index in [0.29, 0.717) is 18.1 Å². The lowest BCUT2D eigenvalue weighted by Gasteiger charge is -2.41. The van der Waals surface area contributed by atoms with Crippen molar-refractivity contribution in [1.29, 1.82) is 0 Å². The highest BCUT2D eigenvalue weighted by molar-refractivity contribution is 6.20. The van der Waals surface area contributed by atoms with Gasteiger partial charge in [0, 0.05) is 5.54 Å². The molecule has 1 amide bonds. The summed E-state index contributed by atoms with van der Waals surface area (Å²) in [4.78, 5) is 14.6. The summed E-state index contributed by atoms with van der Waals surface area (Å²) in [6.07, 6.45) is 2.56. The summed E-state index contributed by atoms with van der Waals surface area (Å²) in [6.45, 7) is 9.96. The fourth-order valence-corrected chi connectivity index (χ4v) is 2.42. The molecule has 0 aromatic heterocycles. The number of benzene rings is 1. The van der Waals surface area contributed by atoms with Crippen LogP contribution in [0.25, 0.3) is 5.57 Å². The number of carbonyl (C=O) groups is 1. The molecule has 0 fully saturated rings. The first-order chi connectivity index (χ1) is 9.47. The van der Waals surface area contributed by atoms with E-state index in [1.54, 1.807) is 4.90 Å². The van der Waals surface area contributed by atoms with Gasteiger partial charge in [-0.15, -0.1) is 6.58 Å². The number of hydrogen-bond acceptors (Lipinski definition) is 2. The fraction of sp³-hybridized carbons (Fsp3) is 0.353. The van der Waals surface area contributed by atoms with Gasteiger partial charge in [0.1, 0.15) is 5.76 Å². The van der Waals surface area contributed by atoms with Gasteiger partial charge < -0.3 is 4.74 Å². The van der Waals surface area contributed by atoms with Crippen LogP contribution in [0.15, 0.2) is 48.7 Å². The molecule has 3 heteroatoms. The molecule has 0 N–H and O–H groups in total. The maximum Gasteiger partial charge on any atom is 0.260 e. The van der Waals surface area contributed by atoms with Gasteiger partial charge >= 0.3 is 0 Å². The molecule has 0 atom stereocenters. The molecule has 3 nitrogen and oxygen atoms in total. The van der Waals surface area contributed by atoms with Gasteiger partial charge in [-0.3, -0.25) is 9.69 Å². The van der Waals surface area contributed by atoms with Gasteiger partial charge in [-0.1, -0.05) is 36.4 Å². The van der Waals surface area contributed by atoms with Crippen LogP contribution in [0.2, 0.25) is 0 Å². The van der Waals surface area contributed by atoms with Crippen molar-refractivity contribution in [1.82, 2.24) is 4.90 Å². The molecule has 0 unspecified atom stereocenters. The number of ether oxygens (including phenoxy) is 1. The van der Waals surface area contributed by atoms with E-state index >= 15 is 0 Å². The number of nitrogens with zero attached hydrogens (tertiary/aromatic N) is 1. The Morgan fingerprint density at radius 1 is 1.35 bits per heavy atom. The second-order valence-corrected chi connectivity index (χ2v) is 5.61. The minimum absolute atomic E-state index is 0.0202. The second kappa shape index (κ2) is 5.53. The Kier molecular flexibility index (Phi) is 3.98. The van der Waals surface area contributed by atoms with Gasteiger partial charge in [-0.25, -0.2) is 0 Å². The van der Waals surface area contributed by atoms with Gasteiger partial charge in [0.05, 0.1) is 5.57 Å². The minimum atomic E-state index is -0.306. The van der Waals surface area contributed by atoms with Crippen LogP contribution in [0, 0.1) is 0 Å². The van der Waals surface area contributed by atoms with Gasteiger partial charge in [-0.05, 0) is 32.8 Å². The monoisotopic (exact) mass is 271 g/mol. The van der Waals surface area contributed by atoms with Crippen LogP contribution in [0.1, 0.15) is 32.8 Å². The van der Waals surface area contributed by atoms with Crippen LogP contribution in [0.4, 0.5) is 0 Å². The topological polar surface area (TPSA) is 29.5 Å². The smallest absolute Gasteiger partial charge is 0.260 e. The molecule has 106 valence electrons. The maximum absolute atomic E-state index is 12.8. The zero-order valence-corrected chi connectivity index (χ0v) is 12.3. The van der Waals surface area contributed by atoms with Crippen LogP contribution in [-0.2, 0) is 9.53 Å². The van der Waals surface area contributed by atoms with Crippen molar-refractivity contribution in [2.24, 2.45) is 0 Å². The summed E-state index contributed by atoms with van der Waals surface area (Å²) in [5.74, 6) is 0.707. The average Bonchev–Trinajstić information content (AvgIpc) is 2.39. The van der Waals surface area contributed by atoms with Crippen molar-refractivity contribution in [3.05, 3.63) is 54.3 Å². The molecule has 2 rings (SSSR count). The maximum atomic E-state index is 12.8. The molecular formula is C17H21NO2. The SMILES string of the molecule is C=CCC(C)(C)N1COC(C)=C(c2ccccc2)C1=O. The normalized spacial score (nSPS) is 16.1. The molecule has 0 saturated carbocycles. The predicted octanol–water partition coefficient (Wildman–Crippen LogP) is 3.59. The third-order valence-electron chi connectivity index (χ3n) is 3.66. The Morgan fingerprint density at radius 2 is 2.00 bits per heavy atom. The highest BCUT2D eigenvalue weighted by Gasteiger charge is 2.36. The van der Waals surface area contributed by atoms with Crippen LogP contribution in [-0.4, -0.2) is 23.1 Å². The largest absolute Gasteiger partial charge is 0.477 e. The van der Waals surface area contributed by atoms with Crippen molar-refractivity contribution < 1.29 is 9.53 Å². The third kappa shape index (κ3) is 2.62. The van der Waals surface area contributed by atoms with Crippen molar-refractivity contribution >= 4 is 11.5 Å². The van der Waals surface area contributed by atoms with E-state index in [-0.39, 0.29) is 11.4 Å². The first kappa shape index (κ1) is 14.4. The molecule has 1 aromatic rings. The zero-order chi connectivity index (χ0) is 14.8. The lowest BCUT2D eigenvalue weighted by Crippen LogP contribution is -2.50. The molecule has 0 radical (unpaired) electrons. The molecule has 1 aromatic carbocycles. The molecular weight excluding hydrogens is 250 g/mol. The quantitative estimate of drug-likeness (QED) is 0.783. The van der Waals surface area contributed by atoms with E-state index in [2.05, 4.69) is 6.58 Å². The zero-order valence-electron chi connectivity index (χ0n) is 12.3. The first-order valence-electron chi connectivity index (χ1n) is 6.79. The molecule has 1 heterocycles. The number of allylic oxidation sites excluding steroid dienone is 1. The Bertz CT molecular complexity index is 543. The lowest BCUT2D eigenvalue weighted by atomic mass is 9.95. The standard InChI is InChI=1S/C17H21NO2/c1-5-11-17(3,4)18-12-20-13(2)15(16(18)19)14-9-7-6-8-10-14/h5-10H,1,11-12H2,2-4H3. The van der Waals surface area contributed by atoms with Crippen molar-refractivity contribution in [2.45, 2.75) is 32.7 Å². The first-order valence-corrected chi connectivity index (χ1v) is 6.79. The predicted molar refractivity (Wildman–Crippen MR) is 80.7 cm³/mol. The van der Waals surface area contributed by atoms with E-state index in [4.69, 9.17) is 4.74 Å². The van der Waals surface area contributed by atoms with E-state index in [1.807, 2.05) is 57.2 Å². The van der Waals surface area contributed by atoms with Crippen LogP contribution < -0.4 is 0 Å². The second-order valence-electron chi connectivity index (χ2n) is 5.61. The van der Waals surface area contributed by atoms with Crippen LogP contribution in [0.3, 0.4) is 0 Å². The highest BCUT2D eigenvalue weighted by Crippen LogP contribution is 2.31. The third-order valence-corrected chi connectivity index (χ3v) is 3.66. The summed E-state index contributed by atoms with van der Waals surface area (Å²) in [5, 5.41) is 0. The van der Waals surface area contributed by atoms with E-state index in [0.717, 1.165) is 12.0 Å². The van der Waals surface area contributed by atoms with Crippen LogP contribution in [0.5, 0.6) is 0 Å². The summed E-state index contributed by atoms with van der Waals surface area (Å²) >= 11 is 0. The van der Waals surface area contributed by atoms with Gasteiger partial charge in [0.25, 0.3) is 5.91 Å². The van der Waals surface area contributed by atoms with Crippen molar-refractivity contribution in [2.75, 3.05) is 6.73 Å². The lowest BCUT2D eigenvalue weighted by molar-refractivity contribution is -0.138. The van der Waals surface area contributed by atoms with Gasteiger partial charge in [-0.2, -0.15) is 0 Å². The Hall–Kier alpha value is -2.03. The van der Waals surface area contributed by atoms with Gasteiger partial charge in [0.15, 0.2) is 6.73 Å². The number of amides is 1. The Balaban J connectivity index is 2.38. The molecule has 1 aliphatic heterocycles. The molecule has 0 saturated heterocycles. The molecule has 20 heavy (non-hydrogen) atoms. The van der Waals surface area contributed by atoms with Crippen molar-refractivity contribution in [3.63, 3.8) is 0 Å². The Labute approximate surface area is 120 Å². The molecule has 1 aliphatic rings. The summed E-state index contributed by atoms with van der Waals surface area (Å²) < 4.78 is 5.71. The average molecular weight is 271 g/mol. The number of carbonyl (C=O) groups excluding carboxylic acids is 1. The number of rotatable bonds is 4. The summed E-state index contributed by atoms with van der Waals surface area (Å²) in [6, 6.07) is 9.66. The summed E-state index contributed by atoms with van der Waals surface area (Å²) in [5.41, 5.74) is 1.24. The molecule has 0 spiro atoms. The van der Waals surface area contributed by atoms with E-state index in [9.17, 15) is 4.79 Å². The summed E-state index contributed by atoms with van der Waals surface area (Å²) in [7, 11) is 0. The fourth-order valence-electron chi connectivity index (χ4n) is 2.42.